The Bertz CT molecular complexity index is 1970. The predicted octanol–water partition coefficient (Wildman–Crippen LogP) is 4.69. The highest BCUT2D eigenvalue weighted by molar-refractivity contribution is 5.95. The fraction of sp³-hybridized carbons (Fsp3) is 0.688. The number of hydrogen-bond donors (Lipinski definition) is 2. The molecule has 66 heavy (non-hydrogen) atoms. The van der Waals surface area contributed by atoms with E-state index in [2.05, 4.69) is 10.3 Å². The summed E-state index contributed by atoms with van der Waals surface area (Å²) in [7, 11) is 0. The van der Waals surface area contributed by atoms with Crippen LogP contribution in [0.25, 0.3) is 10.9 Å². The van der Waals surface area contributed by atoms with Gasteiger partial charge in [0.05, 0.1) is 44.8 Å². The Morgan fingerprint density at radius 1 is 0.470 bits per heavy atom. The van der Waals surface area contributed by atoms with Gasteiger partial charge in [0.15, 0.2) is 0 Å². The molecule has 18 nitrogen and oxygen atoms in total. The lowest BCUT2D eigenvalue weighted by atomic mass is 10.1. The van der Waals surface area contributed by atoms with Gasteiger partial charge < -0.3 is 34.0 Å². The number of hydrogen-bond acceptors (Lipinski definition) is 16. The topological polar surface area (TPSA) is 206 Å². The number of pyridine rings is 1. The molecule has 1 amide bonds. The molecule has 0 fully saturated rings. The molecular weight excluding hydrogens is 853 g/mol. The number of H-pyrrole nitrogens is 1. The first-order valence-corrected chi connectivity index (χ1v) is 22.5. The molecule has 0 atom stereocenters. The van der Waals surface area contributed by atoms with E-state index in [0.29, 0.717) is 11.2 Å². The number of nitrogens with one attached hydrogen (secondary N) is 2. The number of nitrogens with zero attached hydrogens (tertiary/aromatic N) is 4. The third-order valence-corrected chi connectivity index (χ3v) is 8.76. The molecule has 0 unspecified atom stereocenters. The zero-order valence-electron chi connectivity index (χ0n) is 42.5. The number of anilines is 1. The van der Waals surface area contributed by atoms with E-state index in [9.17, 15) is 33.6 Å². The molecule has 0 radical (unpaired) electrons. The molecule has 2 rings (SSSR count). The van der Waals surface area contributed by atoms with E-state index < -0.39 is 63.8 Å². The first-order valence-electron chi connectivity index (χ1n) is 22.5. The van der Waals surface area contributed by atoms with Crippen molar-refractivity contribution in [1.82, 2.24) is 24.6 Å². The monoisotopic (exact) mass is 931 g/mol. The number of aromatic nitrogens is 1. The Morgan fingerprint density at radius 2 is 0.773 bits per heavy atom. The normalized spacial score (nSPS) is 12.7. The van der Waals surface area contributed by atoms with Crippen molar-refractivity contribution in [3.8, 4) is 0 Å². The van der Waals surface area contributed by atoms with Gasteiger partial charge in [0.25, 0.3) is 0 Å². The van der Waals surface area contributed by atoms with Crippen LogP contribution < -0.4 is 10.9 Å². The first-order chi connectivity index (χ1) is 30.0. The maximum atomic E-state index is 13.8. The van der Waals surface area contributed by atoms with E-state index in [0.717, 1.165) is 10.9 Å². The number of rotatable bonds is 22. The summed E-state index contributed by atoms with van der Waals surface area (Å²) < 4.78 is 28.0. The molecule has 2 N–H and O–H groups in total. The van der Waals surface area contributed by atoms with Gasteiger partial charge in [-0.1, -0.05) is 6.07 Å². The van der Waals surface area contributed by atoms with Crippen LogP contribution in [0, 0.1) is 6.92 Å². The van der Waals surface area contributed by atoms with Gasteiger partial charge in [-0.15, -0.1) is 0 Å². The van der Waals surface area contributed by atoms with Crippen molar-refractivity contribution < 1.29 is 52.5 Å². The number of esters is 5. The van der Waals surface area contributed by atoms with Gasteiger partial charge in [0, 0.05) is 56.4 Å². The number of aromatic amines is 1. The molecule has 0 saturated carbocycles. The summed E-state index contributed by atoms with van der Waals surface area (Å²) in [6.45, 7) is 27.8. The number of benzene rings is 1. The number of carbonyl (C=O) groups excluding carboxylic acids is 6. The number of aryl methyl sites for hydroxylation is 1. The van der Waals surface area contributed by atoms with Crippen LogP contribution in [0.4, 0.5) is 5.69 Å². The highest BCUT2D eigenvalue weighted by Gasteiger charge is 2.28. The zero-order chi connectivity index (χ0) is 50.4. The predicted molar refractivity (Wildman–Crippen MR) is 253 cm³/mol. The van der Waals surface area contributed by atoms with Crippen LogP contribution in [-0.4, -0.2) is 167 Å². The Balaban J connectivity index is 2.50. The second-order valence-electron chi connectivity index (χ2n) is 21.5. The highest BCUT2D eigenvalue weighted by atomic mass is 16.6. The van der Waals surface area contributed by atoms with Crippen LogP contribution in [0.15, 0.2) is 29.1 Å². The molecule has 0 saturated heterocycles. The second-order valence-corrected chi connectivity index (χ2v) is 21.5. The summed E-state index contributed by atoms with van der Waals surface area (Å²) in [5, 5.41) is 3.74. The lowest BCUT2D eigenvalue weighted by Crippen LogP contribution is -2.48. The molecule has 0 aliphatic carbocycles. The summed E-state index contributed by atoms with van der Waals surface area (Å²) in [5.41, 5.74) is -2.36. The van der Waals surface area contributed by atoms with Gasteiger partial charge >= 0.3 is 29.8 Å². The molecule has 18 heteroatoms. The lowest BCUT2D eigenvalue weighted by molar-refractivity contribution is -0.162. The van der Waals surface area contributed by atoms with E-state index in [-0.39, 0.29) is 84.1 Å². The first kappa shape index (κ1) is 57.2. The quantitative estimate of drug-likeness (QED) is 0.121. The SMILES string of the molecule is Cc1cc(=O)[nH]c2cc(NC(=O)CN(CCN(CCN(CC(=O)OC(C)(C)C)CC(=O)OC(C)(C)C)CC(=O)OC(C)(C)C)CCN(CC(=O)OC(C)(C)C)CC(=O)OC(C)(C)C)ccc12. The van der Waals surface area contributed by atoms with Gasteiger partial charge in [-0.05, 0) is 128 Å². The number of fused-ring (bicyclic) bond motifs is 1. The van der Waals surface area contributed by atoms with Gasteiger partial charge in [-0.3, -0.25) is 53.2 Å². The van der Waals surface area contributed by atoms with Crippen LogP contribution in [0.2, 0.25) is 0 Å². The molecule has 0 bridgehead atoms. The van der Waals surface area contributed by atoms with Crippen molar-refractivity contribution in [2.75, 3.05) is 83.9 Å². The smallest absolute Gasteiger partial charge is 0.320 e. The van der Waals surface area contributed by atoms with Gasteiger partial charge in [-0.2, -0.15) is 0 Å². The van der Waals surface area contributed by atoms with E-state index >= 15 is 0 Å². The van der Waals surface area contributed by atoms with Crippen molar-refractivity contribution in [3.05, 3.63) is 40.2 Å². The summed E-state index contributed by atoms with van der Waals surface area (Å²) in [6.07, 6.45) is 0. The summed E-state index contributed by atoms with van der Waals surface area (Å²) in [6, 6.07) is 6.72. The second kappa shape index (κ2) is 24.2. The maximum absolute atomic E-state index is 13.8. The molecule has 1 heterocycles. The van der Waals surface area contributed by atoms with Gasteiger partial charge in [0.2, 0.25) is 11.5 Å². The van der Waals surface area contributed by atoms with Crippen LogP contribution in [0.1, 0.15) is 109 Å². The summed E-state index contributed by atoms with van der Waals surface area (Å²) >= 11 is 0. The third-order valence-electron chi connectivity index (χ3n) is 8.76. The standard InChI is InChI=1S/C48H78N6O12/c1-33-25-37(55)50-36-26-34(17-18-35(33)36)49-38(56)27-51(21-23-53(29-40(58)63-45(5,6)7)30-41(59)64-46(8,9)10)19-20-52(28-39(57)62-44(2,3)4)22-24-54(31-42(60)65-47(11,12)13)32-43(61)66-48(14,15)16/h17-18,25-26H,19-24,27-32H2,1-16H3,(H,49,56)(H,50,55). The Hall–Kier alpha value is -4.91. The minimum absolute atomic E-state index is 0.133. The molecule has 1 aromatic heterocycles. The summed E-state index contributed by atoms with van der Waals surface area (Å²) in [4.78, 5) is 101. The van der Waals surface area contributed by atoms with Gasteiger partial charge in [0.1, 0.15) is 28.0 Å². The van der Waals surface area contributed by atoms with Crippen molar-refractivity contribution in [2.24, 2.45) is 0 Å². The van der Waals surface area contributed by atoms with Gasteiger partial charge in [-0.25, -0.2) is 0 Å². The highest BCUT2D eigenvalue weighted by Crippen LogP contribution is 2.20. The van der Waals surface area contributed by atoms with Crippen LogP contribution >= 0.6 is 0 Å². The van der Waals surface area contributed by atoms with E-state index in [1.54, 1.807) is 131 Å². The minimum atomic E-state index is -0.785. The maximum Gasteiger partial charge on any atom is 0.320 e. The molecule has 0 aliphatic rings. The van der Waals surface area contributed by atoms with E-state index in [4.69, 9.17) is 23.7 Å². The Labute approximate surface area is 391 Å². The van der Waals surface area contributed by atoms with Crippen molar-refractivity contribution in [3.63, 3.8) is 0 Å². The molecule has 2 aromatic rings. The molecule has 0 spiro atoms. The molecule has 0 aliphatic heterocycles. The Morgan fingerprint density at radius 3 is 1.11 bits per heavy atom. The molecule has 372 valence electrons. The zero-order valence-corrected chi connectivity index (χ0v) is 42.5. The van der Waals surface area contributed by atoms with Crippen LogP contribution in [0.5, 0.6) is 0 Å². The Kier molecular flexibility index (Phi) is 21.0. The average Bonchev–Trinajstić information content (AvgIpc) is 3.06. The molecule has 1 aromatic carbocycles. The third kappa shape index (κ3) is 25.7. The van der Waals surface area contributed by atoms with E-state index in [1.165, 1.54) is 6.07 Å². The van der Waals surface area contributed by atoms with Crippen LogP contribution in [0.3, 0.4) is 0 Å². The molecular formula is C48H78N6O12. The fourth-order valence-corrected chi connectivity index (χ4v) is 6.51. The largest absolute Gasteiger partial charge is 0.459 e. The average molecular weight is 931 g/mol. The van der Waals surface area contributed by atoms with Crippen molar-refractivity contribution in [1.29, 1.82) is 0 Å². The van der Waals surface area contributed by atoms with Crippen molar-refractivity contribution >= 4 is 52.3 Å². The fourth-order valence-electron chi connectivity index (χ4n) is 6.51. The lowest BCUT2D eigenvalue weighted by Gasteiger charge is -2.32. The number of ether oxygens (including phenoxy) is 5. The van der Waals surface area contributed by atoms with Crippen LogP contribution in [-0.2, 0) is 52.5 Å². The summed E-state index contributed by atoms with van der Waals surface area (Å²) in [5.74, 6) is -3.09. The van der Waals surface area contributed by atoms with E-state index in [1.807, 2.05) is 17.9 Å². The number of carbonyl (C=O) groups is 6. The van der Waals surface area contributed by atoms with Crippen molar-refractivity contribution in [2.45, 2.75) is 139 Å². The number of amides is 1. The minimum Gasteiger partial charge on any atom is -0.459 e.